The number of nitrogen functional groups attached to an aromatic ring is 1. The van der Waals surface area contributed by atoms with E-state index >= 15 is 0 Å². The summed E-state index contributed by atoms with van der Waals surface area (Å²) in [5.41, 5.74) is 8.04. The molecule has 3 rings (SSSR count). The fraction of sp³-hybridized carbons (Fsp3) is 0.143. The van der Waals surface area contributed by atoms with Crippen LogP contribution in [0.5, 0.6) is 0 Å². The van der Waals surface area contributed by atoms with E-state index in [1.165, 1.54) is 5.56 Å². The molecule has 0 aliphatic carbocycles. The van der Waals surface area contributed by atoms with Crippen LogP contribution < -0.4 is 11.1 Å². The van der Waals surface area contributed by atoms with Gasteiger partial charge < -0.3 is 11.1 Å². The molecule has 0 fully saturated rings. The minimum atomic E-state index is 0.294. The Balaban J connectivity index is 1.97. The van der Waals surface area contributed by atoms with E-state index in [4.69, 9.17) is 5.73 Å². The highest BCUT2D eigenvalue weighted by atomic mass is 32.1. The number of aromatic nitrogens is 2. The molecule has 96 valence electrons. The van der Waals surface area contributed by atoms with Gasteiger partial charge in [0.1, 0.15) is 10.6 Å². The number of nitrogens with two attached hydrogens (primary N) is 1. The number of anilines is 3. The number of hydrogen-bond donors (Lipinski definition) is 2. The van der Waals surface area contributed by atoms with E-state index in [-0.39, 0.29) is 0 Å². The molecule has 0 radical (unpaired) electrons. The lowest BCUT2D eigenvalue weighted by molar-refractivity contribution is 1.14. The summed E-state index contributed by atoms with van der Waals surface area (Å²) in [5, 5.41) is 6.29. The molecule has 19 heavy (non-hydrogen) atoms. The zero-order chi connectivity index (χ0) is 13.2. The van der Waals surface area contributed by atoms with Crippen LogP contribution in [0.1, 0.15) is 12.5 Å². The maximum absolute atomic E-state index is 5.73. The first-order valence-corrected chi connectivity index (χ1v) is 7.01. The van der Waals surface area contributed by atoms with Crippen molar-refractivity contribution in [3.8, 4) is 0 Å². The second-order valence-corrected chi connectivity index (χ2v) is 5.14. The Morgan fingerprint density at radius 2 is 1.95 bits per heavy atom. The number of nitrogens with one attached hydrogen (secondary N) is 1. The molecule has 0 unspecified atom stereocenters. The van der Waals surface area contributed by atoms with Gasteiger partial charge in [-0.25, -0.2) is 4.98 Å². The molecule has 5 heteroatoms. The predicted molar refractivity (Wildman–Crippen MR) is 80.9 cm³/mol. The molecule has 2 aromatic heterocycles. The van der Waals surface area contributed by atoms with Crippen LogP contribution in [0.15, 0.2) is 35.7 Å². The van der Waals surface area contributed by atoms with E-state index in [1.807, 2.05) is 11.4 Å². The van der Waals surface area contributed by atoms with Crippen molar-refractivity contribution in [2.45, 2.75) is 13.3 Å². The summed E-state index contributed by atoms with van der Waals surface area (Å²) < 4.78 is 0. The molecule has 4 nitrogen and oxygen atoms in total. The van der Waals surface area contributed by atoms with Crippen molar-refractivity contribution in [1.82, 2.24) is 9.97 Å². The number of benzene rings is 1. The van der Waals surface area contributed by atoms with Crippen molar-refractivity contribution in [3.63, 3.8) is 0 Å². The van der Waals surface area contributed by atoms with Gasteiger partial charge in [-0.05, 0) is 35.6 Å². The molecule has 2 heterocycles. The van der Waals surface area contributed by atoms with Crippen LogP contribution in [-0.2, 0) is 6.42 Å². The molecule has 0 aliphatic rings. The third-order valence-corrected chi connectivity index (χ3v) is 3.77. The third-order valence-electron chi connectivity index (χ3n) is 2.97. The lowest BCUT2D eigenvalue weighted by atomic mass is 10.1. The molecule has 0 aliphatic heterocycles. The van der Waals surface area contributed by atoms with E-state index < -0.39 is 0 Å². The Hall–Kier alpha value is -2.14. The maximum Gasteiger partial charge on any atom is 0.223 e. The molecule has 0 spiro atoms. The van der Waals surface area contributed by atoms with Gasteiger partial charge in [-0.2, -0.15) is 4.98 Å². The van der Waals surface area contributed by atoms with Crippen LogP contribution in [0.3, 0.4) is 0 Å². The van der Waals surface area contributed by atoms with Crippen LogP contribution in [0.4, 0.5) is 17.5 Å². The van der Waals surface area contributed by atoms with Crippen molar-refractivity contribution in [2.75, 3.05) is 11.1 Å². The Morgan fingerprint density at radius 1 is 1.16 bits per heavy atom. The fourth-order valence-electron chi connectivity index (χ4n) is 1.93. The molecule has 0 amide bonds. The van der Waals surface area contributed by atoms with Gasteiger partial charge in [-0.3, -0.25) is 0 Å². The van der Waals surface area contributed by atoms with Gasteiger partial charge in [-0.1, -0.05) is 19.1 Å². The summed E-state index contributed by atoms with van der Waals surface area (Å²) in [7, 11) is 0. The number of fused-ring (bicyclic) bond motifs is 1. The van der Waals surface area contributed by atoms with Gasteiger partial charge >= 0.3 is 0 Å². The normalized spacial score (nSPS) is 10.8. The molecule has 0 atom stereocenters. The number of rotatable bonds is 3. The Labute approximate surface area is 115 Å². The molecular weight excluding hydrogens is 256 g/mol. The Bertz CT molecular complexity index is 703. The van der Waals surface area contributed by atoms with E-state index in [1.54, 1.807) is 11.3 Å². The molecule has 1 aromatic carbocycles. The molecule has 0 bridgehead atoms. The van der Waals surface area contributed by atoms with Gasteiger partial charge in [0.15, 0.2) is 0 Å². The summed E-state index contributed by atoms with van der Waals surface area (Å²) in [6, 6.07) is 10.3. The highest BCUT2D eigenvalue weighted by Gasteiger charge is 2.07. The number of nitrogens with zero attached hydrogens (tertiary/aromatic N) is 2. The molecule has 3 aromatic rings. The van der Waals surface area contributed by atoms with Gasteiger partial charge in [0.2, 0.25) is 5.95 Å². The standard InChI is InChI=1S/C14H14N4S/c1-2-9-3-5-10(6-4-9)16-12-11-7-8-19-13(11)18-14(15)17-12/h3-8H,2H2,1H3,(H3,15,16,17,18). The van der Waals surface area contributed by atoms with Gasteiger partial charge in [0, 0.05) is 5.69 Å². The smallest absolute Gasteiger partial charge is 0.223 e. The van der Waals surface area contributed by atoms with Crippen LogP contribution >= 0.6 is 11.3 Å². The highest BCUT2D eigenvalue weighted by Crippen LogP contribution is 2.28. The zero-order valence-corrected chi connectivity index (χ0v) is 11.4. The lowest BCUT2D eigenvalue weighted by Crippen LogP contribution is -2.00. The van der Waals surface area contributed by atoms with E-state index in [2.05, 4.69) is 46.5 Å². The number of hydrogen-bond acceptors (Lipinski definition) is 5. The SMILES string of the molecule is CCc1ccc(Nc2nc(N)nc3sccc23)cc1. The number of aryl methyl sites for hydroxylation is 1. The van der Waals surface area contributed by atoms with Crippen LogP contribution in [-0.4, -0.2) is 9.97 Å². The van der Waals surface area contributed by atoms with E-state index in [0.717, 1.165) is 28.1 Å². The topological polar surface area (TPSA) is 63.8 Å². The summed E-state index contributed by atoms with van der Waals surface area (Å²) in [5.74, 6) is 1.05. The minimum Gasteiger partial charge on any atom is -0.368 e. The van der Waals surface area contributed by atoms with Gasteiger partial charge in [0.25, 0.3) is 0 Å². The molecule has 0 saturated heterocycles. The van der Waals surface area contributed by atoms with Crippen LogP contribution in [0, 0.1) is 0 Å². The quantitative estimate of drug-likeness (QED) is 0.763. The summed E-state index contributed by atoms with van der Waals surface area (Å²) in [6.07, 6.45) is 1.04. The van der Waals surface area contributed by atoms with Crippen molar-refractivity contribution in [2.24, 2.45) is 0 Å². The summed E-state index contributed by atoms with van der Waals surface area (Å²) in [4.78, 5) is 9.39. The third kappa shape index (κ3) is 2.37. The first-order chi connectivity index (χ1) is 9.26. The largest absolute Gasteiger partial charge is 0.368 e. The second-order valence-electron chi connectivity index (χ2n) is 4.25. The fourth-order valence-corrected chi connectivity index (χ4v) is 2.70. The maximum atomic E-state index is 5.73. The molecule has 3 N–H and O–H groups in total. The van der Waals surface area contributed by atoms with Crippen molar-refractivity contribution < 1.29 is 0 Å². The van der Waals surface area contributed by atoms with Crippen molar-refractivity contribution in [1.29, 1.82) is 0 Å². The highest BCUT2D eigenvalue weighted by molar-refractivity contribution is 7.16. The Kier molecular flexibility index (Phi) is 3.05. The van der Waals surface area contributed by atoms with Crippen LogP contribution in [0.2, 0.25) is 0 Å². The lowest BCUT2D eigenvalue weighted by Gasteiger charge is -2.08. The van der Waals surface area contributed by atoms with Crippen molar-refractivity contribution >= 4 is 39.0 Å². The van der Waals surface area contributed by atoms with Crippen molar-refractivity contribution in [3.05, 3.63) is 41.3 Å². The van der Waals surface area contributed by atoms with Crippen LogP contribution in [0.25, 0.3) is 10.2 Å². The van der Waals surface area contributed by atoms with Gasteiger partial charge in [0.05, 0.1) is 5.39 Å². The summed E-state index contributed by atoms with van der Waals surface area (Å²) >= 11 is 1.56. The Morgan fingerprint density at radius 3 is 2.68 bits per heavy atom. The average molecular weight is 270 g/mol. The van der Waals surface area contributed by atoms with E-state index in [9.17, 15) is 0 Å². The first kappa shape index (κ1) is 11.9. The van der Waals surface area contributed by atoms with E-state index in [0.29, 0.717) is 5.95 Å². The monoisotopic (exact) mass is 270 g/mol. The van der Waals surface area contributed by atoms with Gasteiger partial charge in [-0.15, -0.1) is 11.3 Å². The molecular formula is C14H14N4S. The zero-order valence-electron chi connectivity index (χ0n) is 10.6. The number of thiophene rings is 1. The molecule has 0 saturated carbocycles. The summed E-state index contributed by atoms with van der Waals surface area (Å²) in [6.45, 7) is 2.14. The second kappa shape index (κ2) is 4.85. The first-order valence-electron chi connectivity index (χ1n) is 6.13. The average Bonchev–Trinajstić information content (AvgIpc) is 2.88. The predicted octanol–water partition coefficient (Wildman–Crippen LogP) is 3.58. The minimum absolute atomic E-state index is 0.294.